The molecule has 2 aliphatic rings. The smallest absolute Gasteiger partial charge is 0.240 e. The molecule has 25 heavy (non-hydrogen) atoms. The molecular formula is C16H24Cl2N2O4S. The van der Waals surface area contributed by atoms with Crippen molar-refractivity contribution >= 4 is 34.0 Å². The molecule has 1 aromatic rings. The van der Waals surface area contributed by atoms with E-state index < -0.39 is 10.0 Å². The summed E-state index contributed by atoms with van der Waals surface area (Å²) >= 11 is 6.01. The van der Waals surface area contributed by atoms with Crippen LogP contribution in [0.3, 0.4) is 0 Å². The van der Waals surface area contributed by atoms with Crippen LogP contribution in [0.25, 0.3) is 0 Å². The van der Waals surface area contributed by atoms with Crippen LogP contribution in [0.4, 0.5) is 0 Å². The van der Waals surface area contributed by atoms with Crippen molar-refractivity contribution in [1.29, 1.82) is 0 Å². The lowest BCUT2D eigenvalue weighted by atomic mass is 9.77. The van der Waals surface area contributed by atoms with Crippen molar-refractivity contribution in [1.82, 2.24) is 10.0 Å². The van der Waals surface area contributed by atoms with E-state index in [1.54, 1.807) is 6.07 Å². The van der Waals surface area contributed by atoms with Gasteiger partial charge in [-0.15, -0.1) is 12.4 Å². The maximum absolute atomic E-state index is 12.4. The normalized spacial score (nSPS) is 22.6. The molecule has 2 N–H and O–H groups in total. The second kappa shape index (κ2) is 8.41. The topological polar surface area (TPSA) is 76.7 Å². The first kappa shape index (κ1) is 20.7. The maximum atomic E-state index is 12.4. The van der Waals surface area contributed by atoms with Gasteiger partial charge in [-0.2, -0.15) is 0 Å². The number of nitrogens with one attached hydrogen (secondary N) is 2. The van der Waals surface area contributed by atoms with Crippen LogP contribution in [0, 0.1) is 5.41 Å². The van der Waals surface area contributed by atoms with Crippen molar-refractivity contribution < 1.29 is 17.9 Å². The molecule has 1 atom stereocenters. The summed E-state index contributed by atoms with van der Waals surface area (Å²) in [5.74, 6) is 0.447. The first-order valence-corrected chi connectivity index (χ1v) is 9.96. The quantitative estimate of drug-likeness (QED) is 0.777. The summed E-state index contributed by atoms with van der Waals surface area (Å²) in [5.41, 5.74) is 0.213. The Morgan fingerprint density at radius 3 is 2.76 bits per heavy atom. The van der Waals surface area contributed by atoms with Gasteiger partial charge in [-0.05, 0) is 56.0 Å². The molecule has 2 heterocycles. The minimum Gasteiger partial charge on any atom is -0.495 e. The summed E-state index contributed by atoms with van der Waals surface area (Å²) in [7, 11) is -2.13. The van der Waals surface area contributed by atoms with E-state index in [-0.39, 0.29) is 40.4 Å². The van der Waals surface area contributed by atoms with Crippen molar-refractivity contribution in [2.45, 2.75) is 30.3 Å². The summed E-state index contributed by atoms with van der Waals surface area (Å²) in [5, 5.41) is 3.62. The largest absolute Gasteiger partial charge is 0.495 e. The molecule has 142 valence electrons. The molecule has 1 unspecified atom stereocenters. The maximum Gasteiger partial charge on any atom is 0.240 e. The van der Waals surface area contributed by atoms with E-state index in [2.05, 4.69) is 10.0 Å². The number of halogens is 2. The highest BCUT2D eigenvalue weighted by Gasteiger charge is 2.41. The van der Waals surface area contributed by atoms with Gasteiger partial charge in [0.25, 0.3) is 0 Å². The Morgan fingerprint density at radius 2 is 2.12 bits per heavy atom. The molecule has 0 radical (unpaired) electrons. The van der Waals surface area contributed by atoms with Crippen LogP contribution < -0.4 is 14.8 Å². The van der Waals surface area contributed by atoms with Gasteiger partial charge in [-0.3, -0.25) is 0 Å². The Morgan fingerprint density at radius 1 is 1.40 bits per heavy atom. The standard InChI is InChI=1S/C16H23ClN2O4S.ClH/c1-22-15-3-2-13(8-14(15)17)24(20,21)19-10-12-9-16(11-23-12)4-6-18-7-5-16;/h2-3,8,12,18-19H,4-7,9-11H2,1H3;1H. The van der Waals surface area contributed by atoms with Crippen LogP contribution in [-0.4, -0.2) is 47.9 Å². The van der Waals surface area contributed by atoms with Gasteiger partial charge < -0.3 is 14.8 Å². The number of sulfonamides is 1. The van der Waals surface area contributed by atoms with E-state index in [1.165, 1.54) is 19.2 Å². The van der Waals surface area contributed by atoms with Crippen LogP contribution in [0.2, 0.25) is 5.02 Å². The predicted molar refractivity (Wildman–Crippen MR) is 99.3 cm³/mol. The van der Waals surface area contributed by atoms with E-state index >= 15 is 0 Å². The molecule has 2 fully saturated rings. The van der Waals surface area contributed by atoms with Gasteiger partial charge in [0, 0.05) is 6.54 Å². The van der Waals surface area contributed by atoms with Crippen LogP contribution in [0.5, 0.6) is 5.75 Å². The van der Waals surface area contributed by atoms with E-state index in [9.17, 15) is 8.42 Å². The molecule has 0 amide bonds. The number of hydrogen-bond donors (Lipinski definition) is 2. The number of ether oxygens (including phenoxy) is 2. The predicted octanol–water partition coefficient (Wildman–Crippen LogP) is 2.21. The van der Waals surface area contributed by atoms with Crippen molar-refractivity contribution in [3.63, 3.8) is 0 Å². The highest BCUT2D eigenvalue weighted by atomic mass is 35.5. The van der Waals surface area contributed by atoms with E-state index in [0.29, 0.717) is 5.75 Å². The zero-order valence-electron chi connectivity index (χ0n) is 14.1. The third kappa shape index (κ3) is 4.78. The number of benzene rings is 1. The number of piperidine rings is 1. The number of rotatable bonds is 5. The second-order valence-electron chi connectivity index (χ2n) is 6.54. The lowest BCUT2D eigenvalue weighted by molar-refractivity contribution is 0.0888. The number of methoxy groups -OCH3 is 1. The van der Waals surface area contributed by atoms with Crippen molar-refractivity contribution in [3.05, 3.63) is 23.2 Å². The SMILES string of the molecule is COc1ccc(S(=O)(=O)NCC2CC3(CCNCC3)CO2)cc1Cl.Cl. The molecular weight excluding hydrogens is 387 g/mol. The van der Waals surface area contributed by atoms with E-state index in [1.807, 2.05) is 0 Å². The third-order valence-corrected chi connectivity index (χ3v) is 6.60. The minimum absolute atomic E-state index is 0. The summed E-state index contributed by atoms with van der Waals surface area (Å²) in [6, 6.07) is 4.43. The Balaban J connectivity index is 0.00000225. The van der Waals surface area contributed by atoms with Gasteiger partial charge in [0.05, 0.1) is 29.7 Å². The van der Waals surface area contributed by atoms with Gasteiger partial charge in [0.15, 0.2) is 0 Å². The van der Waals surface area contributed by atoms with E-state index in [4.69, 9.17) is 21.1 Å². The Hall–Kier alpha value is -0.570. The average Bonchev–Trinajstić information content (AvgIpc) is 2.96. The lowest BCUT2D eigenvalue weighted by Gasteiger charge is -2.32. The molecule has 1 aromatic carbocycles. The second-order valence-corrected chi connectivity index (χ2v) is 8.71. The summed E-state index contributed by atoms with van der Waals surface area (Å²) in [4.78, 5) is 0.128. The highest BCUT2D eigenvalue weighted by molar-refractivity contribution is 7.89. The van der Waals surface area contributed by atoms with Gasteiger partial charge >= 0.3 is 0 Å². The Kier molecular flexibility index (Phi) is 6.98. The lowest BCUT2D eigenvalue weighted by Crippen LogP contribution is -2.38. The van der Waals surface area contributed by atoms with Crippen molar-refractivity contribution in [3.8, 4) is 5.75 Å². The fourth-order valence-corrected chi connectivity index (χ4v) is 4.85. The average molecular weight is 411 g/mol. The minimum atomic E-state index is -3.62. The van der Waals surface area contributed by atoms with Gasteiger partial charge in [-0.25, -0.2) is 13.1 Å². The van der Waals surface area contributed by atoms with Crippen molar-refractivity contribution in [2.75, 3.05) is 33.4 Å². The molecule has 0 aliphatic carbocycles. The molecule has 6 nitrogen and oxygen atoms in total. The fraction of sp³-hybridized carbons (Fsp3) is 0.625. The molecule has 9 heteroatoms. The molecule has 0 saturated carbocycles. The summed E-state index contributed by atoms with van der Waals surface area (Å²) < 4.78 is 38.4. The molecule has 1 spiro atoms. The highest BCUT2D eigenvalue weighted by Crippen LogP contribution is 2.40. The van der Waals surface area contributed by atoms with Gasteiger partial charge in [-0.1, -0.05) is 11.6 Å². The van der Waals surface area contributed by atoms with Crippen LogP contribution in [0.15, 0.2) is 23.1 Å². The molecule has 3 rings (SSSR count). The van der Waals surface area contributed by atoms with Gasteiger partial charge in [0.2, 0.25) is 10.0 Å². The molecule has 2 aliphatic heterocycles. The number of hydrogen-bond acceptors (Lipinski definition) is 5. The van der Waals surface area contributed by atoms with Crippen LogP contribution >= 0.6 is 24.0 Å². The third-order valence-electron chi connectivity index (χ3n) is 4.88. The Labute approximate surface area is 160 Å². The summed E-state index contributed by atoms with van der Waals surface area (Å²) in [6.07, 6.45) is 3.00. The molecule has 0 bridgehead atoms. The van der Waals surface area contributed by atoms with Gasteiger partial charge in [0.1, 0.15) is 5.75 Å². The first-order chi connectivity index (χ1) is 11.4. The fourth-order valence-electron chi connectivity index (χ4n) is 3.43. The first-order valence-electron chi connectivity index (χ1n) is 8.10. The zero-order chi connectivity index (χ0) is 17.2. The summed E-state index contributed by atoms with van der Waals surface area (Å²) in [6.45, 7) is 3.01. The van der Waals surface area contributed by atoms with Crippen LogP contribution in [-0.2, 0) is 14.8 Å². The monoisotopic (exact) mass is 410 g/mol. The molecule has 0 aromatic heterocycles. The molecule has 2 saturated heterocycles. The van der Waals surface area contributed by atoms with E-state index in [0.717, 1.165) is 39.0 Å². The van der Waals surface area contributed by atoms with Crippen LogP contribution in [0.1, 0.15) is 19.3 Å². The Bertz CT molecular complexity index is 693. The van der Waals surface area contributed by atoms with Crippen molar-refractivity contribution in [2.24, 2.45) is 5.41 Å². The zero-order valence-corrected chi connectivity index (χ0v) is 16.5.